The van der Waals surface area contributed by atoms with Crippen molar-refractivity contribution >= 4 is 28.2 Å². The van der Waals surface area contributed by atoms with E-state index < -0.39 is 0 Å². The van der Waals surface area contributed by atoms with E-state index in [-0.39, 0.29) is 5.91 Å². The maximum Gasteiger partial charge on any atom is 0.258 e. The summed E-state index contributed by atoms with van der Waals surface area (Å²) >= 11 is 1.50. The van der Waals surface area contributed by atoms with E-state index in [2.05, 4.69) is 46.6 Å². The highest BCUT2D eigenvalue weighted by atomic mass is 32.1. The number of anilines is 1. The van der Waals surface area contributed by atoms with Crippen LogP contribution in [0, 0.1) is 13.8 Å². The molecule has 4 aromatic rings. The van der Waals surface area contributed by atoms with Gasteiger partial charge in [0.15, 0.2) is 0 Å². The van der Waals surface area contributed by atoms with Gasteiger partial charge in [0.25, 0.3) is 11.9 Å². The van der Waals surface area contributed by atoms with E-state index in [9.17, 15) is 4.79 Å². The lowest BCUT2D eigenvalue weighted by Gasteiger charge is -2.02. The van der Waals surface area contributed by atoms with Gasteiger partial charge in [-0.25, -0.2) is 4.52 Å². The van der Waals surface area contributed by atoms with Crippen molar-refractivity contribution in [1.82, 2.24) is 14.6 Å². The monoisotopic (exact) mass is 348 g/mol. The molecule has 0 saturated carbocycles. The van der Waals surface area contributed by atoms with Crippen molar-refractivity contribution in [3.63, 3.8) is 0 Å². The predicted molar refractivity (Wildman–Crippen MR) is 100 cm³/mol. The summed E-state index contributed by atoms with van der Waals surface area (Å²) in [6.45, 7) is 4.01. The summed E-state index contributed by atoms with van der Waals surface area (Å²) in [5.74, 6) is 0.102. The SMILES string of the molecule is Cc1ccc(-c2csc3nc(NC(=O)c4cccc(C)c4)nn23)cc1. The van der Waals surface area contributed by atoms with Crippen LogP contribution in [-0.2, 0) is 0 Å². The molecule has 0 fully saturated rings. The van der Waals surface area contributed by atoms with Gasteiger partial charge in [-0.1, -0.05) is 47.5 Å². The van der Waals surface area contributed by atoms with Gasteiger partial charge in [0.1, 0.15) is 0 Å². The van der Waals surface area contributed by atoms with Gasteiger partial charge in [-0.2, -0.15) is 4.98 Å². The molecule has 0 spiro atoms. The second kappa shape index (κ2) is 6.14. The highest BCUT2D eigenvalue weighted by Crippen LogP contribution is 2.26. The lowest BCUT2D eigenvalue weighted by molar-refractivity contribution is 0.102. The van der Waals surface area contributed by atoms with E-state index in [0.29, 0.717) is 11.5 Å². The van der Waals surface area contributed by atoms with Crippen molar-refractivity contribution in [2.75, 3.05) is 5.32 Å². The van der Waals surface area contributed by atoms with Crippen LogP contribution in [0.4, 0.5) is 5.95 Å². The molecule has 5 nitrogen and oxygen atoms in total. The topological polar surface area (TPSA) is 59.3 Å². The number of aromatic nitrogens is 3. The van der Waals surface area contributed by atoms with Gasteiger partial charge >= 0.3 is 0 Å². The van der Waals surface area contributed by atoms with Gasteiger partial charge in [0.05, 0.1) is 5.69 Å². The van der Waals surface area contributed by atoms with Crippen molar-refractivity contribution in [2.24, 2.45) is 0 Å². The molecule has 124 valence electrons. The Hall–Kier alpha value is -2.99. The van der Waals surface area contributed by atoms with E-state index in [0.717, 1.165) is 21.8 Å². The number of hydrogen-bond donors (Lipinski definition) is 1. The Morgan fingerprint density at radius 3 is 2.64 bits per heavy atom. The first-order valence-electron chi connectivity index (χ1n) is 7.89. The van der Waals surface area contributed by atoms with Crippen molar-refractivity contribution in [1.29, 1.82) is 0 Å². The average molecular weight is 348 g/mol. The first-order valence-corrected chi connectivity index (χ1v) is 8.77. The molecular formula is C19H16N4OS. The van der Waals surface area contributed by atoms with Crippen molar-refractivity contribution < 1.29 is 4.79 Å². The number of amides is 1. The molecule has 1 amide bonds. The van der Waals surface area contributed by atoms with Gasteiger partial charge < -0.3 is 0 Å². The fourth-order valence-electron chi connectivity index (χ4n) is 2.62. The Labute approximate surface area is 149 Å². The summed E-state index contributed by atoms with van der Waals surface area (Å²) < 4.78 is 1.77. The van der Waals surface area contributed by atoms with E-state index in [1.54, 1.807) is 10.6 Å². The third kappa shape index (κ3) is 3.04. The number of nitrogens with zero attached hydrogens (tertiary/aromatic N) is 3. The number of fused-ring (bicyclic) bond motifs is 1. The number of nitrogens with one attached hydrogen (secondary N) is 1. The van der Waals surface area contributed by atoms with Crippen LogP contribution in [0.1, 0.15) is 21.5 Å². The Balaban J connectivity index is 1.64. The van der Waals surface area contributed by atoms with E-state index in [4.69, 9.17) is 0 Å². The number of aryl methyl sites for hydroxylation is 2. The first-order chi connectivity index (χ1) is 12.1. The largest absolute Gasteiger partial charge is 0.289 e. The van der Waals surface area contributed by atoms with E-state index in [1.165, 1.54) is 16.9 Å². The minimum Gasteiger partial charge on any atom is -0.289 e. The fraction of sp³-hybridized carbons (Fsp3) is 0.105. The van der Waals surface area contributed by atoms with E-state index >= 15 is 0 Å². The molecule has 2 aromatic heterocycles. The number of hydrogen-bond acceptors (Lipinski definition) is 4. The van der Waals surface area contributed by atoms with Crippen LogP contribution >= 0.6 is 11.3 Å². The Morgan fingerprint density at radius 2 is 1.88 bits per heavy atom. The molecule has 0 aliphatic heterocycles. The van der Waals surface area contributed by atoms with Crippen molar-refractivity contribution in [2.45, 2.75) is 13.8 Å². The molecule has 0 unspecified atom stereocenters. The molecule has 0 radical (unpaired) electrons. The minimum absolute atomic E-state index is 0.209. The lowest BCUT2D eigenvalue weighted by Crippen LogP contribution is -2.13. The maximum atomic E-state index is 12.4. The van der Waals surface area contributed by atoms with Gasteiger partial charge in [-0.3, -0.25) is 10.1 Å². The van der Waals surface area contributed by atoms with Crippen LogP contribution in [0.2, 0.25) is 0 Å². The summed E-state index contributed by atoms with van der Waals surface area (Å²) in [5, 5.41) is 9.24. The van der Waals surface area contributed by atoms with Crippen molar-refractivity contribution in [3.05, 3.63) is 70.6 Å². The van der Waals surface area contributed by atoms with Crippen molar-refractivity contribution in [3.8, 4) is 11.3 Å². The Bertz CT molecular complexity index is 1060. The highest BCUT2D eigenvalue weighted by Gasteiger charge is 2.14. The maximum absolute atomic E-state index is 12.4. The normalized spacial score (nSPS) is 11.0. The number of rotatable bonds is 3. The summed E-state index contributed by atoms with van der Waals surface area (Å²) in [7, 11) is 0. The smallest absolute Gasteiger partial charge is 0.258 e. The van der Waals surface area contributed by atoms with Gasteiger partial charge in [-0.15, -0.1) is 16.4 Å². The Morgan fingerprint density at radius 1 is 1.08 bits per heavy atom. The molecule has 0 aliphatic rings. The van der Waals surface area contributed by atoms with Gasteiger partial charge in [0.2, 0.25) is 4.96 Å². The van der Waals surface area contributed by atoms with Crippen LogP contribution in [0.3, 0.4) is 0 Å². The van der Waals surface area contributed by atoms with Crippen LogP contribution in [0.15, 0.2) is 53.9 Å². The first kappa shape index (κ1) is 15.5. The summed E-state index contributed by atoms with van der Waals surface area (Å²) in [4.78, 5) is 17.5. The molecule has 2 heterocycles. The summed E-state index contributed by atoms with van der Waals surface area (Å²) in [6, 6.07) is 15.7. The Kier molecular flexibility index (Phi) is 3.82. The number of carbonyl (C=O) groups is 1. The highest BCUT2D eigenvalue weighted by molar-refractivity contribution is 7.15. The molecule has 4 rings (SSSR count). The average Bonchev–Trinajstić information content (AvgIpc) is 3.16. The molecule has 0 aliphatic carbocycles. The zero-order valence-electron chi connectivity index (χ0n) is 13.9. The van der Waals surface area contributed by atoms with Crippen LogP contribution < -0.4 is 5.32 Å². The fourth-order valence-corrected chi connectivity index (χ4v) is 3.45. The zero-order valence-corrected chi connectivity index (χ0v) is 14.7. The third-order valence-electron chi connectivity index (χ3n) is 3.93. The quantitative estimate of drug-likeness (QED) is 0.599. The number of thiazole rings is 1. The molecule has 0 saturated heterocycles. The molecule has 1 N–H and O–H groups in total. The van der Waals surface area contributed by atoms with Gasteiger partial charge in [-0.05, 0) is 26.0 Å². The summed E-state index contributed by atoms with van der Waals surface area (Å²) in [6.07, 6.45) is 0. The summed E-state index contributed by atoms with van der Waals surface area (Å²) in [5.41, 5.74) is 4.87. The predicted octanol–water partition coefficient (Wildman–Crippen LogP) is 4.33. The van der Waals surface area contributed by atoms with E-state index in [1.807, 2.05) is 30.5 Å². The third-order valence-corrected chi connectivity index (χ3v) is 4.75. The second-order valence-corrected chi connectivity index (χ2v) is 6.78. The standard InChI is InChI=1S/C19H16N4OS/c1-12-6-8-14(9-7-12)16-11-25-19-21-18(22-23(16)19)20-17(24)15-5-3-4-13(2)10-15/h3-11H,1-2H3,(H,20,22,24). The number of benzene rings is 2. The lowest BCUT2D eigenvalue weighted by atomic mass is 10.1. The molecular weight excluding hydrogens is 332 g/mol. The van der Waals surface area contributed by atoms with Crippen LogP contribution in [-0.4, -0.2) is 20.5 Å². The van der Waals surface area contributed by atoms with Crippen LogP contribution in [0.25, 0.3) is 16.2 Å². The van der Waals surface area contributed by atoms with Crippen LogP contribution in [0.5, 0.6) is 0 Å². The molecule has 25 heavy (non-hydrogen) atoms. The molecule has 0 bridgehead atoms. The molecule has 0 atom stereocenters. The molecule has 2 aromatic carbocycles. The zero-order chi connectivity index (χ0) is 17.4. The molecule has 6 heteroatoms. The minimum atomic E-state index is -0.209. The second-order valence-electron chi connectivity index (χ2n) is 5.94. The van der Waals surface area contributed by atoms with Gasteiger partial charge in [0, 0.05) is 16.5 Å². The number of carbonyl (C=O) groups excluding carboxylic acids is 1.